The van der Waals surface area contributed by atoms with E-state index in [-0.39, 0.29) is 26.5 Å². The van der Waals surface area contributed by atoms with E-state index in [9.17, 15) is 9.90 Å². The van der Waals surface area contributed by atoms with Gasteiger partial charge in [-0.25, -0.2) is 9.97 Å². The van der Waals surface area contributed by atoms with Crippen LogP contribution in [0.5, 0.6) is 5.75 Å². The first-order valence-electron chi connectivity index (χ1n) is 11.8. The van der Waals surface area contributed by atoms with Crippen molar-refractivity contribution < 1.29 is 17.5 Å². The first-order valence-corrected chi connectivity index (χ1v) is 11.8. The number of ether oxygens (including phenoxy) is 1. The number of carbonyl (C=O) groups is 1. The molecule has 5 rings (SSSR count). The van der Waals surface area contributed by atoms with E-state index in [0.717, 1.165) is 67.7 Å². The molecule has 0 spiro atoms. The van der Waals surface area contributed by atoms with Crippen molar-refractivity contribution >= 4 is 22.6 Å². The normalized spacial score (nSPS) is 19.2. The van der Waals surface area contributed by atoms with Crippen LogP contribution >= 0.6 is 0 Å². The minimum Gasteiger partial charge on any atom is -0.507 e. The number of hydrogen-bond donors (Lipinski definition) is 2. The molecule has 0 saturated carbocycles. The molecule has 1 atom stereocenters. The molecule has 0 radical (unpaired) electrons. The molecule has 33 heavy (non-hydrogen) atoms. The number of benzene rings is 2. The molecule has 1 amide bonds. The summed E-state index contributed by atoms with van der Waals surface area (Å²) in [6, 6.07) is 13.3. The third kappa shape index (κ3) is 4.64. The van der Waals surface area contributed by atoms with Gasteiger partial charge in [0.15, 0.2) is 5.82 Å². The highest BCUT2D eigenvalue weighted by atomic mass is 16.5. The van der Waals surface area contributed by atoms with E-state index in [0.29, 0.717) is 17.9 Å². The Morgan fingerprint density at radius 1 is 1.18 bits per heavy atom. The lowest BCUT2D eigenvalue weighted by Gasteiger charge is -2.33. The molecule has 2 N–H and O–H groups in total. The largest absolute Gasteiger partial charge is 0.507 e. The van der Waals surface area contributed by atoms with Crippen LogP contribution in [0.15, 0.2) is 42.5 Å². The Labute approximate surface area is 196 Å². The summed E-state index contributed by atoms with van der Waals surface area (Å²) in [6.07, 6.45) is 3.82. The van der Waals surface area contributed by atoms with Crippen LogP contribution in [-0.2, 0) is 9.53 Å². The summed E-state index contributed by atoms with van der Waals surface area (Å²) >= 11 is 0. The Balaban J connectivity index is 0.00000171. The number of rotatable bonds is 5. The average Bonchev–Trinajstić information content (AvgIpc) is 3.36. The number of anilines is 1. The van der Waals surface area contributed by atoms with E-state index in [4.69, 9.17) is 14.7 Å². The maximum Gasteiger partial charge on any atom is 0.223 e. The smallest absolute Gasteiger partial charge is 0.223 e. The zero-order valence-corrected chi connectivity index (χ0v) is 19.0. The maximum absolute atomic E-state index is 12.7. The summed E-state index contributed by atoms with van der Waals surface area (Å²) < 4.78 is 5.62. The van der Waals surface area contributed by atoms with Gasteiger partial charge >= 0.3 is 0 Å². The maximum atomic E-state index is 12.7. The quantitative estimate of drug-likeness (QED) is 0.602. The van der Waals surface area contributed by atoms with Crippen molar-refractivity contribution in [1.29, 1.82) is 0 Å². The fourth-order valence-electron chi connectivity index (χ4n) is 4.76. The van der Waals surface area contributed by atoms with Crippen molar-refractivity contribution in [3.63, 3.8) is 0 Å². The number of aryl methyl sites for hydroxylation is 1. The van der Waals surface area contributed by atoms with E-state index in [1.54, 1.807) is 12.1 Å². The molecule has 0 bridgehead atoms. The number of phenols is 1. The van der Waals surface area contributed by atoms with Gasteiger partial charge in [-0.3, -0.25) is 4.79 Å². The number of amides is 1. The lowest BCUT2D eigenvalue weighted by molar-refractivity contribution is -0.126. The van der Waals surface area contributed by atoms with Crippen LogP contribution in [0.25, 0.3) is 22.3 Å². The van der Waals surface area contributed by atoms with Crippen molar-refractivity contribution in [2.24, 2.45) is 5.92 Å². The summed E-state index contributed by atoms with van der Waals surface area (Å²) in [5, 5.41) is 14.4. The van der Waals surface area contributed by atoms with Gasteiger partial charge < -0.3 is 20.1 Å². The molecule has 2 aromatic carbocycles. The highest BCUT2D eigenvalue weighted by molar-refractivity contribution is 5.92. The molecule has 2 saturated heterocycles. The lowest BCUT2D eigenvalue weighted by Crippen LogP contribution is -2.42. The number of aromatic hydroxyl groups is 1. The van der Waals surface area contributed by atoms with Gasteiger partial charge in [0.25, 0.3) is 0 Å². The molecule has 2 aliphatic heterocycles. The third-order valence-corrected chi connectivity index (χ3v) is 6.67. The number of fused-ring (bicyclic) bond motifs is 1. The summed E-state index contributed by atoms with van der Waals surface area (Å²) in [5.41, 5.74) is 2.59. The molecule has 1 aromatic heterocycles. The van der Waals surface area contributed by atoms with E-state index >= 15 is 0 Å². The van der Waals surface area contributed by atoms with E-state index in [1.807, 2.05) is 19.1 Å². The second kappa shape index (κ2) is 9.35. The predicted octanol–water partition coefficient (Wildman–Crippen LogP) is 4.31. The highest BCUT2D eigenvalue weighted by Gasteiger charge is 2.28. The fraction of sp³-hybridized carbons (Fsp3) is 0.423. The van der Waals surface area contributed by atoms with Crippen LogP contribution in [0.4, 0.5) is 5.82 Å². The Bertz CT molecular complexity index is 1160. The zero-order chi connectivity index (χ0) is 22.8. The second-order valence-corrected chi connectivity index (χ2v) is 9.05. The summed E-state index contributed by atoms with van der Waals surface area (Å²) in [4.78, 5) is 24.6. The SMILES string of the molecule is Cc1ccc2c(N3CCC(C(=O)NCC4CCCO4)CC3)nc(-c3ccccc3O)nc2c1.[HH].[HH]. The molecule has 3 aromatic rings. The first kappa shape index (κ1) is 21.6. The molecular formula is C26H34N4O3. The van der Waals surface area contributed by atoms with Crippen LogP contribution in [0.2, 0.25) is 0 Å². The monoisotopic (exact) mass is 450 g/mol. The summed E-state index contributed by atoms with van der Waals surface area (Å²) in [5.74, 6) is 1.67. The van der Waals surface area contributed by atoms with E-state index in [2.05, 4.69) is 28.4 Å². The van der Waals surface area contributed by atoms with Crippen molar-refractivity contribution in [3.8, 4) is 17.1 Å². The third-order valence-electron chi connectivity index (χ3n) is 6.67. The van der Waals surface area contributed by atoms with Gasteiger partial charge in [0.05, 0.1) is 17.2 Å². The number of aromatic nitrogens is 2. The van der Waals surface area contributed by atoms with Crippen molar-refractivity contribution in [3.05, 3.63) is 48.0 Å². The van der Waals surface area contributed by atoms with Crippen LogP contribution < -0.4 is 10.2 Å². The first-order chi connectivity index (χ1) is 16.1. The van der Waals surface area contributed by atoms with Gasteiger partial charge in [0.1, 0.15) is 11.6 Å². The van der Waals surface area contributed by atoms with Crippen LogP contribution in [0.3, 0.4) is 0 Å². The lowest BCUT2D eigenvalue weighted by atomic mass is 9.95. The van der Waals surface area contributed by atoms with E-state index < -0.39 is 0 Å². The number of nitrogens with zero attached hydrogens (tertiary/aromatic N) is 3. The molecule has 2 fully saturated rings. The van der Waals surface area contributed by atoms with Crippen molar-refractivity contribution in [2.75, 3.05) is 31.1 Å². The molecule has 7 heteroatoms. The topological polar surface area (TPSA) is 87.6 Å². The number of phenolic OH excluding ortho intramolecular Hbond substituents is 1. The molecule has 176 valence electrons. The number of para-hydroxylation sites is 1. The van der Waals surface area contributed by atoms with Crippen LogP contribution in [-0.4, -0.2) is 53.3 Å². The van der Waals surface area contributed by atoms with Gasteiger partial charge in [-0.15, -0.1) is 0 Å². The Morgan fingerprint density at radius 2 is 2.00 bits per heavy atom. The minimum absolute atomic E-state index is 0. The second-order valence-electron chi connectivity index (χ2n) is 9.05. The Kier molecular flexibility index (Phi) is 6.13. The number of piperidine rings is 1. The molecule has 1 unspecified atom stereocenters. The number of carbonyl (C=O) groups excluding carboxylic acids is 1. The minimum atomic E-state index is 0. The van der Waals surface area contributed by atoms with Gasteiger partial charge in [-0.05, 0) is 62.4 Å². The summed E-state index contributed by atoms with van der Waals surface area (Å²) in [6.45, 7) is 4.95. The van der Waals surface area contributed by atoms with Crippen LogP contribution in [0, 0.1) is 12.8 Å². The van der Waals surface area contributed by atoms with Gasteiger partial charge in [-0.1, -0.05) is 18.2 Å². The van der Waals surface area contributed by atoms with Crippen molar-refractivity contribution in [1.82, 2.24) is 15.3 Å². The van der Waals surface area contributed by atoms with Crippen molar-refractivity contribution in [2.45, 2.75) is 38.7 Å². The zero-order valence-electron chi connectivity index (χ0n) is 19.0. The highest BCUT2D eigenvalue weighted by Crippen LogP contribution is 2.33. The van der Waals surface area contributed by atoms with Gasteiger partial charge in [0, 0.05) is 40.4 Å². The molecular weight excluding hydrogens is 416 g/mol. The molecule has 3 heterocycles. The van der Waals surface area contributed by atoms with Crippen LogP contribution in [0.1, 0.15) is 34.1 Å². The predicted molar refractivity (Wildman–Crippen MR) is 133 cm³/mol. The molecule has 0 aliphatic carbocycles. The van der Waals surface area contributed by atoms with Gasteiger partial charge in [0.2, 0.25) is 5.91 Å². The number of hydrogen-bond acceptors (Lipinski definition) is 6. The summed E-state index contributed by atoms with van der Waals surface area (Å²) in [7, 11) is 0. The Hall–Kier alpha value is -3.19. The standard InChI is InChI=1S/C26H30N4O3.2H2/c1-17-8-9-20-22(15-17)28-24(21-6-2-3-7-23(21)31)29-25(20)30-12-10-18(11-13-30)26(32)27-16-19-5-4-14-33-19;;/h2-3,6-9,15,18-19,31H,4-5,10-14,16H2,1H3,(H,27,32);2*1H. The number of nitrogens with one attached hydrogen (secondary N) is 1. The van der Waals surface area contributed by atoms with Gasteiger partial charge in [-0.2, -0.15) is 0 Å². The van der Waals surface area contributed by atoms with E-state index in [1.165, 1.54) is 0 Å². The average molecular weight is 451 g/mol. The molecule has 7 nitrogen and oxygen atoms in total. The molecule has 2 aliphatic rings. The fourth-order valence-corrected chi connectivity index (χ4v) is 4.76. The Morgan fingerprint density at radius 3 is 2.76 bits per heavy atom.